The number of nitro groups is 1. The van der Waals surface area contributed by atoms with Crippen molar-refractivity contribution in [3.8, 4) is 0 Å². The summed E-state index contributed by atoms with van der Waals surface area (Å²) in [7, 11) is 0. The normalized spacial score (nSPS) is 20.2. The van der Waals surface area contributed by atoms with E-state index in [2.05, 4.69) is 0 Å². The molecule has 1 heterocycles. The van der Waals surface area contributed by atoms with Crippen molar-refractivity contribution < 1.29 is 9.66 Å². The minimum atomic E-state index is -0.416. The first-order chi connectivity index (χ1) is 6.68. The summed E-state index contributed by atoms with van der Waals surface area (Å²) in [5.41, 5.74) is 7.63. The van der Waals surface area contributed by atoms with Gasteiger partial charge in [0.05, 0.1) is 24.2 Å². The highest BCUT2D eigenvalue weighted by molar-refractivity contribution is 5.41. The van der Waals surface area contributed by atoms with Crippen LogP contribution in [0.2, 0.25) is 0 Å². The van der Waals surface area contributed by atoms with Gasteiger partial charge in [0.25, 0.3) is 5.69 Å². The second-order valence-electron chi connectivity index (χ2n) is 3.26. The van der Waals surface area contributed by atoms with Gasteiger partial charge in [-0.3, -0.25) is 10.1 Å². The summed E-state index contributed by atoms with van der Waals surface area (Å²) in [6, 6.07) is 4.54. The molecule has 0 amide bonds. The van der Waals surface area contributed by atoms with E-state index in [0.717, 1.165) is 11.1 Å². The zero-order valence-corrected chi connectivity index (χ0v) is 7.47. The maximum absolute atomic E-state index is 10.5. The molecule has 0 radical (unpaired) electrons. The first kappa shape index (κ1) is 9.11. The van der Waals surface area contributed by atoms with Gasteiger partial charge in [-0.25, -0.2) is 0 Å². The van der Waals surface area contributed by atoms with Gasteiger partial charge in [0, 0.05) is 12.1 Å². The number of ether oxygens (including phenoxy) is 1. The van der Waals surface area contributed by atoms with Gasteiger partial charge in [0.15, 0.2) is 0 Å². The van der Waals surface area contributed by atoms with Gasteiger partial charge in [-0.15, -0.1) is 0 Å². The molecule has 1 aliphatic rings. The Balaban J connectivity index is 2.44. The van der Waals surface area contributed by atoms with Gasteiger partial charge in [-0.1, -0.05) is 6.07 Å². The van der Waals surface area contributed by atoms with Crippen molar-refractivity contribution in [1.82, 2.24) is 0 Å². The van der Waals surface area contributed by atoms with Crippen LogP contribution in [0.15, 0.2) is 18.2 Å². The summed E-state index contributed by atoms with van der Waals surface area (Å²) < 4.78 is 5.20. The summed E-state index contributed by atoms with van der Waals surface area (Å²) in [6.45, 7) is 0.884. The standard InChI is InChI=1S/C9H10N2O3/c10-9-5-14-4-6-3-7(11(12)13)1-2-8(6)9/h1-3,9H,4-5,10H2/t9-/m1/s1. The molecule has 1 aliphatic heterocycles. The number of rotatable bonds is 1. The zero-order chi connectivity index (χ0) is 10.1. The molecule has 0 spiro atoms. The summed E-state index contributed by atoms with van der Waals surface area (Å²) in [4.78, 5) is 10.1. The summed E-state index contributed by atoms with van der Waals surface area (Å²) in [5.74, 6) is 0. The fourth-order valence-electron chi connectivity index (χ4n) is 1.58. The molecule has 2 rings (SSSR count). The Morgan fingerprint density at radius 2 is 2.36 bits per heavy atom. The van der Waals surface area contributed by atoms with Crippen molar-refractivity contribution >= 4 is 5.69 Å². The number of nitrogens with two attached hydrogens (primary N) is 1. The summed E-state index contributed by atoms with van der Waals surface area (Å²) >= 11 is 0. The zero-order valence-electron chi connectivity index (χ0n) is 7.47. The third kappa shape index (κ3) is 1.47. The van der Waals surface area contributed by atoms with E-state index < -0.39 is 4.92 Å². The molecule has 5 nitrogen and oxygen atoms in total. The van der Waals surface area contributed by atoms with Crippen LogP contribution in [0.3, 0.4) is 0 Å². The average molecular weight is 194 g/mol. The molecule has 0 unspecified atom stereocenters. The lowest BCUT2D eigenvalue weighted by atomic mass is 9.99. The van der Waals surface area contributed by atoms with Gasteiger partial charge in [0.2, 0.25) is 0 Å². The highest BCUT2D eigenvalue weighted by Gasteiger charge is 2.19. The molecule has 0 aliphatic carbocycles. The second kappa shape index (κ2) is 3.36. The van der Waals surface area contributed by atoms with Gasteiger partial charge in [-0.05, 0) is 11.1 Å². The molecular weight excluding hydrogens is 184 g/mol. The Morgan fingerprint density at radius 1 is 1.57 bits per heavy atom. The van der Waals surface area contributed by atoms with Gasteiger partial charge in [0.1, 0.15) is 0 Å². The highest BCUT2D eigenvalue weighted by atomic mass is 16.6. The molecule has 1 aromatic rings. The number of benzene rings is 1. The SMILES string of the molecule is N[C@@H]1COCc2cc([N+](=O)[O-])ccc21. The third-order valence-electron chi connectivity index (χ3n) is 2.29. The van der Waals surface area contributed by atoms with Crippen molar-refractivity contribution in [1.29, 1.82) is 0 Å². The molecular formula is C9H10N2O3. The topological polar surface area (TPSA) is 78.4 Å². The number of fused-ring (bicyclic) bond motifs is 1. The number of nitro benzene ring substituents is 1. The minimum Gasteiger partial charge on any atom is -0.375 e. The quantitative estimate of drug-likeness (QED) is 0.536. The minimum absolute atomic E-state index is 0.0847. The summed E-state index contributed by atoms with van der Waals surface area (Å²) in [5, 5.41) is 10.5. The van der Waals surface area contributed by atoms with Crippen LogP contribution in [-0.4, -0.2) is 11.5 Å². The molecule has 0 saturated heterocycles. The molecule has 14 heavy (non-hydrogen) atoms. The van der Waals surface area contributed by atoms with E-state index in [-0.39, 0.29) is 11.7 Å². The van der Waals surface area contributed by atoms with Crippen molar-refractivity contribution in [2.45, 2.75) is 12.6 Å². The van der Waals surface area contributed by atoms with Crippen molar-refractivity contribution in [2.24, 2.45) is 5.73 Å². The van der Waals surface area contributed by atoms with Crippen LogP contribution >= 0.6 is 0 Å². The van der Waals surface area contributed by atoms with Crippen molar-refractivity contribution in [2.75, 3.05) is 6.61 Å². The monoisotopic (exact) mass is 194 g/mol. The van der Waals surface area contributed by atoms with Gasteiger partial charge < -0.3 is 10.5 Å². The maximum atomic E-state index is 10.5. The van der Waals surface area contributed by atoms with Crippen LogP contribution < -0.4 is 5.73 Å². The van der Waals surface area contributed by atoms with Crippen LogP contribution in [0.4, 0.5) is 5.69 Å². The van der Waals surface area contributed by atoms with E-state index in [9.17, 15) is 10.1 Å². The highest BCUT2D eigenvalue weighted by Crippen LogP contribution is 2.26. The Morgan fingerprint density at radius 3 is 3.07 bits per heavy atom. The average Bonchev–Trinajstić information content (AvgIpc) is 2.17. The first-order valence-electron chi connectivity index (χ1n) is 4.29. The number of nitrogens with zero attached hydrogens (tertiary/aromatic N) is 1. The van der Waals surface area contributed by atoms with E-state index >= 15 is 0 Å². The van der Waals surface area contributed by atoms with Crippen LogP contribution in [0.1, 0.15) is 17.2 Å². The largest absolute Gasteiger partial charge is 0.375 e. The molecule has 0 aromatic heterocycles. The molecule has 74 valence electrons. The van der Waals surface area contributed by atoms with Crippen molar-refractivity contribution in [3.63, 3.8) is 0 Å². The maximum Gasteiger partial charge on any atom is 0.269 e. The lowest BCUT2D eigenvalue weighted by molar-refractivity contribution is -0.385. The second-order valence-corrected chi connectivity index (χ2v) is 3.26. The predicted molar refractivity (Wildman–Crippen MR) is 49.7 cm³/mol. The van der Waals surface area contributed by atoms with E-state index in [0.29, 0.717) is 13.2 Å². The summed E-state index contributed by atoms with van der Waals surface area (Å²) in [6.07, 6.45) is 0. The molecule has 1 atom stereocenters. The van der Waals surface area contributed by atoms with Crippen LogP contribution in [0.25, 0.3) is 0 Å². The Kier molecular flexibility index (Phi) is 2.18. The van der Waals surface area contributed by atoms with E-state index in [1.165, 1.54) is 12.1 Å². The lowest BCUT2D eigenvalue weighted by Crippen LogP contribution is -2.23. The molecule has 5 heteroatoms. The van der Waals surface area contributed by atoms with Crippen LogP contribution in [0, 0.1) is 10.1 Å². The molecule has 2 N–H and O–H groups in total. The predicted octanol–water partition coefficient (Wildman–Crippen LogP) is 1.12. The van der Waals surface area contributed by atoms with E-state index in [1.807, 2.05) is 0 Å². The third-order valence-corrected chi connectivity index (χ3v) is 2.29. The molecule has 0 bridgehead atoms. The van der Waals surface area contributed by atoms with E-state index in [4.69, 9.17) is 10.5 Å². The van der Waals surface area contributed by atoms with Gasteiger partial charge >= 0.3 is 0 Å². The Hall–Kier alpha value is -1.46. The smallest absolute Gasteiger partial charge is 0.269 e. The number of hydrogen-bond donors (Lipinski definition) is 1. The Labute approximate surface area is 80.6 Å². The van der Waals surface area contributed by atoms with Crippen LogP contribution in [-0.2, 0) is 11.3 Å². The fourth-order valence-corrected chi connectivity index (χ4v) is 1.58. The molecule has 0 saturated carbocycles. The fraction of sp³-hybridized carbons (Fsp3) is 0.333. The molecule has 0 fully saturated rings. The first-order valence-corrected chi connectivity index (χ1v) is 4.29. The van der Waals surface area contributed by atoms with Gasteiger partial charge in [-0.2, -0.15) is 0 Å². The van der Waals surface area contributed by atoms with Crippen LogP contribution in [0.5, 0.6) is 0 Å². The number of non-ortho nitro benzene ring substituents is 1. The number of hydrogen-bond acceptors (Lipinski definition) is 4. The Bertz CT molecular complexity index is 378. The van der Waals surface area contributed by atoms with E-state index in [1.54, 1.807) is 6.07 Å². The molecule has 1 aromatic carbocycles. The lowest BCUT2D eigenvalue weighted by Gasteiger charge is -2.21. The van der Waals surface area contributed by atoms with Crippen molar-refractivity contribution in [3.05, 3.63) is 39.4 Å².